The molecule has 0 saturated carbocycles. The van der Waals surface area contributed by atoms with Crippen molar-refractivity contribution >= 4 is 5.91 Å². The van der Waals surface area contributed by atoms with Gasteiger partial charge in [-0.05, 0) is 44.2 Å². The predicted molar refractivity (Wildman–Crippen MR) is 96.6 cm³/mol. The molecule has 1 N–H and O–H groups in total. The number of hydrogen-bond acceptors (Lipinski definition) is 3. The normalized spacial score (nSPS) is 13.8. The third kappa shape index (κ3) is 4.54. The van der Waals surface area contributed by atoms with Gasteiger partial charge in [0.15, 0.2) is 18.1 Å². The molecule has 0 saturated heterocycles. The van der Waals surface area contributed by atoms with Crippen LogP contribution in [-0.2, 0) is 11.2 Å². The topological polar surface area (TPSA) is 47.6 Å². The number of rotatable bonds is 4. The Kier molecular flexibility index (Phi) is 5.13. The van der Waals surface area contributed by atoms with Crippen molar-refractivity contribution in [1.29, 1.82) is 0 Å². The van der Waals surface area contributed by atoms with Gasteiger partial charge in [-0.15, -0.1) is 0 Å². The van der Waals surface area contributed by atoms with Gasteiger partial charge >= 0.3 is 0 Å². The number of benzene rings is 2. The summed E-state index contributed by atoms with van der Waals surface area (Å²) in [6.45, 7) is 4.11. The van der Waals surface area contributed by atoms with Gasteiger partial charge in [0.05, 0.1) is 6.54 Å². The van der Waals surface area contributed by atoms with E-state index in [1.54, 1.807) is 18.2 Å². The van der Waals surface area contributed by atoms with Crippen LogP contribution in [-0.4, -0.2) is 24.7 Å². The van der Waals surface area contributed by atoms with Crippen molar-refractivity contribution in [2.24, 2.45) is 0 Å². The lowest BCUT2D eigenvalue weighted by atomic mass is 10.0. The van der Waals surface area contributed by atoms with Gasteiger partial charge in [0.1, 0.15) is 11.4 Å². The predicted octanol–water partition coefficient (Wildman–Crippen LogP) is 3.09. The monoisotopic (exact) mass is 353 g/mol. The number of nitrogens with one attached hydrogen (secondary N) is 1. The smallest absolute Gasteiger partial charge is 0.258 e. The standard InChI is InChI=1S/C21H20FNO3/c1-21(2)13-16-6-3-7-18(20(16)26-21)25-14-19(24)23-12-4-5-15-8-10-17(22)11-9-15/h3,6-11H,12-14H2,1-2H3,(H,23,24). The fraction of sp³-hybridized carbons (Fsp3) is 0.286. The third-order valence-corrected chi connectivity index (χ3v) is 3.86. The first-order chi connectivity index (χ1) is 12.4. The van der Waals surface area contributed by atoms with Crippen molar-refractivity contribution < 1.29 is 18.7 Å². The summed E-state index contributed by atoms with van der Waals surface area (Å²) >= 11 is 0. The Morgan fingerprint density at radius 1 is 1.27 bits per heavy atom. The maximum atomic E-state index is 12.8. The first-order valence-corrected chi connectivity index (χ1v) is 8.38. The molecule has 0 aliphatic carbocycles. The van der Waals surface area contributed by atoms with Crippen LogP contribution in [0.25, 0.3) is 0 Å². The summed E-state index contributed by atoms with van der Waals surface area (Å²) in [5.41, 5.74) is 1.51. The molecule has 0 fully saturated rings. The van der Waals surface area contributed by atoms with Crippen LogP contribution in [0.4, 0.5) is 4.39 Å². The molecule has 0 radical (unpaired) electrons. The van der Waals surface area contributed by atoms with Gasteiger partial charge in [-0.3, -0.25) is 4.79 Å². The molecule has 2 aromatic carbocycles. The van der Waals surface area contributed by atoms with Crippen LogP contribution in [0.2, 0.25) is 0 Å². The SMILES string of the molecule is CC1(C)Cc2cccc(OCC(=O)NCC#Cc3ccc(F)cc3)c2O1. The fourth-order valence-corrected chi connectivity index (χ4v) is 2.72. The van der Waals surface area contributed by atoms with E-state index in [9.17, 15) is 9.18 Å². The number of carbonyl (C=O) groups excluding carboxylic acids is 1. The number of amides is 1. The molecule has 1 amide bonds. The van der Waals surface area contributed by atoms with Crippen LogP contribution in [0, 0.1) is 17.7 Å². The molecule has 2 aromatic rings. The van der Waals surface area contributed by atoms with Crippen LogP contribution < -0.4 is 14.8 Å². The largest absolute Gasteiger partial charge is 0.483 e. The van der Waals surface area contributed by atoms with Gasteiger partial charge in [0.2, 0.25) is 0 Å². The molecule has 0 bridgehead atoms. The molecule has 0 atom stereocenters. The van der Waals surface area contributed by atoms with E-state index in [1.807, 2.05) is 26.0 Å². The molecule has 134 valence electrons. The Hall–Kier alpha value is -3.00. The molecule has 26 heavy (non-hydrogen) atoms. The van der Waals surface area contributed by atoms with Crippen LogP contribution in [0.15, 0.2) is 42.5 Å². The Morgan fingerprint density at radius 3 is 2.81 bits per heavy atom. The van der Waals surface area contributed by atoms with Gasteiger partial charge in [-0.2, -0.15) is 0 Å². The first-order valence-electron chi connectivity index (χ1n) is 8.38. The zero-order valence-electron chi connectivity index (χ0n) is 14.8. The second-order valence-electron chi connectivity index (χ2n) is 6.66. The average molecular weight is 353 g/mol. The lowest BCUT2D eigenvalue weighted by molar-refractivity contribution is -0.122. The Labute approximate surface area is 152 Å². The highest BCUT2D eigenvalue weighted by molar-refractivity contribution is 5.78. The van der Waals surface area contributed by atoms with E-state index in [4.69, 9.17) is 9.47 Å². The maximum absolute atomic E-state index is 12.8. The summed E-state index contributed by atoms with van der Waals surface area (Å²) in [5, 5.41) is 2.67. The minimum Gasteiger partial charge on any atom is -0.483 e. The van der Waals surface area contributed by atoms with E-state index in [2.05, 4.69) is 17.2 Å². The van der Waals surface area contributed by atoms with Crippen LogP contribution in [0.3, 0.4) is 0 Å². The first kappa shape index (κ1) is 17.8. The van der Waals surface area contributed by atoms with Gasteiger partial charge in [0.25, 0.3) is 5.91 Å². The minimum atomic E-state index is -0.305. The number of hydrogen-bond donors (Lipinski definition) is 1. The molecular formula is C21H20FNO3. The van der Waals surface area contributed by atoms with Crippen LogP contribution in [0.1, 0.15) is 25.0 Å². The molecule has 0 aromatic heterocycles. The van der Waals surface area contributed by atoms with E-state index in [0.29, 0.717) is 17.1 Å². The Morgan fingerprint density at radius 2 is 2.04 bits per heavy atom. The number of carbonyl (C=O) groups is 1. The molecule has 5 heteroatoms. The van der Waals surface area contributed by atoms with Crippen molar-refractivity contribution in [2.45, 2.75) is 25.9 Å². The van der Waals surface area contributed by atoms with Gasteiger partial charge in [-0.1, -0.05) is 24.0 Å². The molecule has 0 spiro atoms. The lowest BCUT2D eigenvalue weighted by Crippen LogP contribution is -2.29. The van der Waals surface area contributed by atoms with Crippen molar-refractivity contribution in [1.82, 2.24) is 5.32 Å². The molecule has 1 heterocycles. The second-order valence-corrected chi connectivity index (χ2v) is 6.66. The zero-order valence-corrected chi connectivity index (χ0v) is 14.8. The highest BCUT2D eigenvalue weighted by Gasteiger charge is 2.32. The number of ether oxygens (including phenoxy) is 2. The molecule has 3 rings (SSSR count). The van der Waals surface area contributed by atoms with E-state index in [0.717, 1.165) is 12.0 Å². The molecule has 4 nitrogen and oxygen atoms in total. The van der Waals surface area contributed by atoms with Gasteiger partial charge < -0.3 is 14.8 Å². The summed E-state index contributed by atoms with van der Waals surface area (Å²) in [7, 11) is 0. The Balaban J connectivity index is 1.49. The highest BCUT2D eigenvalue weighted by atomic mass is 19.1. The summed E-state index contributed by atoms with van der Waals surface area (Å²) in [6, 6.07) is 11.6. The van der Waals surface area contributed by atoms with E-state index >= 15 is 0 Å². The minimum absolute atomic E-state index is 0.113. The van der Waals surface area contributed by atoms with Gasteiger partial charge in [0, 0.05) is 17.5 Å². The van der Waals surface area contributed by atoms with E-state index in [1.165, 1.54) is 12.1 Å². The van der Waals surface area contributed by atoms with Crippen molar-refractivity contribution in [3.8, 4) is 23.3 Å². The molecule has 1 aliphatic rings. The average Bonchev–Trinajstić information content (AvgIpc) is 2.93. The third-order valence-electron chi connectivity index (χ3n) is 3.86. The summed E-state index contributed by atoms with van der Waals surface area (Å²) in [5.74, 6) is 6.37. The molecule has 0 unspecified atom stereocenters. The van der Waals surface area contributed by atoms with Crippen molar-refractivity contribution in [2.75, 3.05) is 13.2 Å². The van der Waals surface area contributed by atoms with Crippen molar-refractivity contribution in [3.63, 3.8) is 0 Å². The number of fused-ring (bicyclic) bond motifs is 1. The van der Waals surface area contributed by atoms with Crippen LogP contribution in [0.5, 0.6) is 11.5 Å². The lowest BCUT2D eigenvalue weighted by Gasteiger charge is -2.18. The van der Waals surface area contributed by atoms with Crippen LogP contribution >= 0.6 is 0 Å². The summed E-state index contributed by atoms with van der Waals surface area (Å²) in [4.78, 5) is 11.9. The summed E-state index contributed by atoms with van der Waals surface area (Å²) in [6.07, 6.45) is 0.810. The Bertz CT molecular complexity index is 863. The quantitative estimate of drug-likeness (QED) is 0.860. The second kappa shape index (κ2) is 7.49. The van der Waals surface area contributed by atoms with E-state index in [-0.39, 0.29) is 30.5 Å². The van der Waals surface area contributed by atoms with Crippen molar-refractivity contribution in [3.05, 3.63) is 59.4 Å². The maximum Gasteiger partial charge on any atom is 0.258 e. The number of halogens is 1. The van der Waals surface area contributed by atoms with E-state index < -0.39 is 0 Å². The summed E-state index contributed by atoms with van der Waals surface area (Å²) < 4.78 is 24.3. The highest BCUT2D eigenvalue weighted by Crippen LogP contribution is 2.41. The fourth-order valence-electron chi connectivity index (χ4n) is 2.72. The number of para-hydroxylation sites is 1. The molecular weight excluding hydrogens is 333 g/mol. The zero-order chi connectivity index (χ0) is 18.6. The molecule has 1 aliphatic heterocycles. The van der Waals surface area contributed by atoms with Gasteiger partial charge in [-0.25, -0.2) is 4.39 Å².